The van der Waals surface area contributed by atoms with Crippen LogP contribution in [0.3, 0.4) is 0 Å². The molecule has 0 bridgehead atoms. The second kappa shape index (κ2) is 5.55. The van der Waals surface area contributed by atoms with Crippen molar-refractivity contribution in [3.8, 4) is 6.07 Å². The molecule has 0 aromatic heterocycles. The summed E-state index contributed by atoms with van der Waals surface area (Å²) in [6.07, 6.45) is 0. The zero-order valence-electron chi connectivity index (χ0n) is 8.46. The molecule has 0 aliphatic carbocycles. The molecule has 2 N–H and O–H groups in total. The van der Waals surface area contributed by atoms with Crippen molar-refractivity contribution in [3.63, 3.8) is 0 Å². The van der Waals surface area contributed by atoms with Gasteiger partial charge >= 0.3 is 11.8 Å². The van der Waals surface area contributed by atoms with E-state index in [-0.39, 0.29) is 6.54 Å². The average Bonchev–Trinajstić information content (AvgIpc) is 2.30. The van der Waals surface area contributed by atoms with Gasteiger partial charge in [0.05, 0.1) is 11.8 Å². The first kappa shape index (κ1) is 12.6. The Bertz CT molecular complexity index is 497. The highest BCUT2D eigenvalue weighted by molar-refractivity contribution is 6.39. The molecule has 0 fully saturated rings. The number of nitrogens with one attached hydrogen (secondary N) is 2. The minimum atomic E-state index is -1.18. The van der Waals surface area contributed by atoms with Crippen molar-refractivity contribution < 1.29 is 18.4 Å². The van der Waals surface area contributed by atoms with Gasteiger partial charge in [-0.2, -0.15) is 5.26 Å². The summed E-state index contributed by atoms with van der Waals surface area (Å²) in [5.41, 5.74) is -0.442. The number of nitrogens with zero attached hydrogens (tertiary/aromatic N) is 1. The zero-order valence-corrected chi connectivity index (χ0v) is 8.46. The van der Waals surface area contributed by atoms with Gasteiger partial charge in [0, 0.05) is 6.07 Å². The largest absolute Gasteiger partial charge is 0.335 e. The quantitative estimate of drug-likeness (QED) is 0.583. The smallest absolute Gasteiger partial charge is 0.313 e. The molecule has 1 aromatic carbocycles. The van der Waals surface area contributed by atoms with Crippen LogP contribution in [-0.2, 0) is 9.59 Å². The lowest BCUT2D eigenvalue weighted by Gasteiger charge is -2.05. The number of hydrogen-bond donors (Lipinski definition) is 2. The summed E-state index contributed by atoms with van der Waals surface area (Å²) in [7, 11) is 0. The second-order valence-corrected chi connectivity index (χ2v) is 2.92. The number of anilines is 1. The summed E-state index contributed by atoms with van der Waals surface area (Å²) >= 11 is 0. The van der Waals surface area contributed by atoms with Gasteiger partial charge in [-0.25, -0.2) is 8.78 Å². The van der Waals surface area contributed by atoms with Crippen molar-refractivity contribution in [1.29, 1.82) is 5.26 Å². The molecule has 0 saturated heterocycles. The number of hydrogen-bond acceptors (Lipinski definition) is 3. The summed E-state index contributed by atoms with van der Waals surface area (Å²) in [4.78, 5) is 22.2. The molecule has 0 radical (unpaired) electrons. The first-order chi connectivity index (χ1) is 8.04. The minimum absolute atomic E-state index is 0.349. The molecule has 1 rings (SSSR count). The Morgan fingerprint density at radius 1 is 1.29 bits per heavy atom. The first-order valence-electron chi connectivity index (χ1n) is 4.45. The number of nitriles is 1. The van der Waals surface area contributed by atoms with Gasteiger partial charge in [-0.1, -0.05) is 0 Å². The summed E-state index contributed by atoms with van der Waals surface area (Å²) in [5.74, 6) is -3.90. The van der Waals surface area contributed by atoms with Crippen molar-refractivity contribution in [1.82, 2.24) is 5.32 Å². The van der Waals surface area contributed by atoms with Crippen LogP contribution in [0.4, 0.5) is 14.5 Å². The number of carbonyl (C=O) groups excluding carboxylic acids is 2. The van der Waals surface area contributed by atoms with Crippen LogP contribution in [0, 0.1) is 23.0 Å². The average molecular weight is 239 g/mol. The molecular weight excluding hydrogens is 232 g/mol. The molecule has 2 amide bonds. The Labute approximate surface area is 95.0 Å². The fraction of sp³-hybridized carbons (Fsp3) is 0.100. The molecule has 5 nitrogen and oxygen atoms in total. The molecule has 0 spiro atoms. The zero-order chi connectivity index (χ0) is 12.8. The number of carbonyl (C=O) groups is 2. The lowest BCUT2D eigenvalue weighted by molar-refractivity contribution is -0.136. The van der Waals surface area contributed by atoms with Crippen molar-refractivity contribution in [2.24, 2.45) is 0 Å². The Hall–Kier alpha value is -2.49. The molecule has 0 aliphatic rings. The number of benzene rings is 1. The van der Waals surface area contributed by atoms with Gasteiger partial charge in [0.1, 0.15) is 18.2 Å². The topological polar surface area (TPSA) is 82.0 Å². The Balaban J connectivity index is 2.71. The fourth-order valence-corrected chi connectivity index (χ4v) is 0.972. The molecule has 0 heterocycles. The van der Waals surface area contributed by atoms with Gasteiger partial charge in [-0.05, 0) is 12.1 Å². The van der Waals surface area contributed by atoms with Gasteiger partial charge in [-0.3, -0.25) is 9.59 Å². The van der Waals surface area contributed by atoms with Crippen LogP contribution in [0.5, 0.6) is 0 Å². The van der Waals surface area contributed by atoms with E-state index in [9.17, 15) is 18.4 Å². The molecule has 0 saturated carbocycles. The maximum absolute atomic E-state index is 13.1. The highest BCUT2D eigenvalue weighted by Crippen LogP contribution is 2.14. The van der Waals surface area contributed by atoms with Gasteiger partial charge in [-0.15, -0.1) is 0 Å². The third-order valence-electron chi connectivity index (χ3n) is 1.71. The normalized spacial score (nSPS) is 9.24. The molecular formula is C10H7F2N3O2. The predicted molar refractivity (Wildman–Crippen MR) is 53.6 cm³/mol. The van der Waals surface area contributed by atoms with Crippen LogP contribution in [0.25, 0.3) is 0 Å². The summed E-state index contributed by atoms with van der Waals surface area (Å²) in [6.45, 7) is -0.349. The SMILES string of the molecule is N#CCNC(=O)C(=O)Nc1cc(F)ccc1F. The summed E-state index contributed by atoms with van der Waals surface area (Å²) < 4.78 is 25.8. The van der Waals surface area contributed by atoms with Crippen LogP contribution in [0.15, 0.2) is 18.2 Å². The van der Waals surface area contributed by atoms with Crippen molar-refractivity contribution in [3.05, 3.63) is 29.8 Å². The molecule has 1 aromatic rings. The van der Waals surface area contributed by atoms with Crippen LogP contribution in [-0.4, -0.2) is 18.4 Å². The summed E-state index contributed by atoms with van der Waals surface area (Å²) in [6, 6.07) is 4.03. The maximum Gasteiger partial charge on any atom is 0.313 e. The first-order valence-corrected chi connectivity index (χ1v) is 4.45. The Kier molecular flexibility index (Phi) is 4.11. The molecule has 0 aliphatic heterocycles. The fourth-order valence-electron chi connectivity index (χ4n) is 0.972. The van der Waals surface area contributed by atoms with Gasteiger partial charge in [0.15, 0.2) is 0 Å². The lowest BCUT2D eigenvalue weighted by atomic mass is 10.3. The van der Waals surface area contributed by atoms with Crippen molar-refractivity contribution in [2.75, 3.05) is 11.9 Å². The number of rotatable bonds is 2. The Morgan fingerprint density at radius 3 is 2.65 bits per heavy atom. The third-order valence-corrected chi connectivity index (χ3v) is 1.71. The third kappa shape index (κ3) is 3.53. The molecule has 7 heteroatoms. The molecule has 0 atom stereocenters. The van der Waals surface area contributed by atoms with E-state index in [0.29, 0.717) is 0 Å². The monoisotopic (exact) mass is 239 g/mol. The highest BCUT2D eigenvalue weighted by Gasteiger charge is 2.15. The van der Waals surface area contributed by atoms with E-state index in [1.807, 2.05) is 10.6 Å². The van der Waals surface area contributed by atoms with E-state index in [1.54, 1.807) is 6.07 Å². The van der Waals surface area contributed by atoms with Crippen LogP contribution >= 0.6 is 0 Å². The number of halogens is 2. The van der Waals surface area contributed by atoms with Gasteiger partial charge < -0.3 is 10.6 Å². The van der Waals surface area contributed by atoms with Crippen LogP contribution in [0.1, 0.15) is 0 Å². The van der Waals surface area contributed by atoms with E-state index in [0.717, 1.165) is 18.2 Å². The van der Waals surface area contributed by atoms with E-state index in [1.165, 1.54) is 0 Å². The van der Waals surface area contributed by atoms with E-state index in [4.69, 9.17) is 5.26 Å². The minimum Gasteiger partial charge on any atom is -0.335 e. The molecule has 17 heavy (non-hydrogen) atoms. The van der Waals surface area contributed by atoms with Gasteiger partial charge in [0.2, 0.25) is 0 Å². The van der Waals surface area contributed by atoms with Gasteiger partial charge in [0.25, 0.3) is 0 Å². The summed E-state index contributed by atoms with van der Waals surface area (Å²) in [5, 5.41) is 12.0. The lowest BCUT2D eigenvalue weighted by Crippen LogP contribution is -2.35. The maximum atomic E-state index is 13.1. The van der Waals surface area contributed by atoms with Crippen LogP contribution < -0.4 is 10.6 Å². The second-order valence-electron chi connectivity index (χ2n) is 2.92. The predicted octanol–water partition coefficient (Wildman–Crippen LogP) is 0.543. The van der Waals surface area contributed by atoms with E-state index >= 15 is 0 Å². The van der Waals surface area contributed by atoms with Crippen molar-refractivity contribution >= 4 is 17.5 Å². The standard InChI is InChI=1S/C10H7F2N3O2/c11-6-1-2-7(12)8(5-6)15-10(17)9(16)14-4-3-13/h1-2,5H,4H2,(H,14,16)(H,15,17). The van der Waals surface area contributed by atoms with E-state index in [2.05, 4.69) is 0 Å². The van der Waals surface area contributed by atoms with Crippen molar-refractivity contribution in [2.45, 2.75) is 0 Å². The van der Waals surface area contributed by atoms with Crippen LogP contribution in [0.2, 0.25) is 0 Å². The molecule has 88 valence electrons. The highest BCUT2D eigenvalue weighted by atomic mass is 19.1. The number of amides is 2. The van der Waals surface area contributed by atoms with E-state index < -0.39 is 29.1 Å². The molecule has 0 unspecified atom stereocenters. The Morgan fingerprint density at radius 2 is 2.00 bits per heavy atom.